The van der Waals surface area contributed by atoms with Crippen molar-refractivity contribution in [3.63, 3.8) is 0 Å². The van der Waals surface area contributed by atoms with Crippen molar-refractivity contribution in [2.24, 2.45) is 0 Å². The molecule has 1 N–H and O–H groups in total. The van der Waals surface area contributed by atoms with Gasteiger partial charge in [-0.25, -0.2) is 13.4 Å². The molecule has 5 rings (SSSR count). The normalized spacial score (nSPS) is 15.3. The lowest BCUT2D eigenvalue weighted by atomic mass is 10.2. The molecule has 3 heterocycles. The number of hydrogen-bond acceptors (Lipinski definition) is 5. The van der Waals surface area contributed by atoms with Gasteiger partial charge in [0.1, 0.15) is 0 Å². The van der Waals surface area contributed by atoms with E-state index < -0.39 is 10.0 Å². The number of anilines is 2. The van der Waals surface area contributed by atoms with Crippen molar-refractivity contribution in [1.29, 1.82) is 0 Å². The number of halogens is 1. The van der Waals surface area contributed by atoms with E-state index in [1.165, 1.54) is 15.6 Å². The van der Waals surface area contributed by atoms with Gasteiger partial charge in [-0.15, -0.1) is 11.3 Å². The fourth-order valence-electron chi connectivity index (χ4n) is 3.76. The first-order valence-electron chi connectivity index (χ1n) is 10.0. The Kier molecular flexibility index (Phi) is 5.40. The number of rotatable bonds is 5. The molecule has 0 saturated carbocycles. The zero-order chi connectivity index (χ0) is 22.3. The largest absolute Gasteiger partial charge is 0.324 e. The smallest absolute Gasteiger partial charge is 0.235 e. The van der Waals surface area contributed by atoms with Crippen LogP contribution in [0.3, 0.4) is 0 Å². The van der Waals surface area contributed by atoms with Crippen molar-refractivity contribution in [2.75, 3.05) is 21.9 Å². The second-order valence-electron chi connectivity index (χ2n) is 7.50. The van der Waals surface area contributed by atoms with E-state index in [1.807, 2.05) is 46.3 Å². The van der Waals surface area contributed by atoms with Crippen LogP contribution in [-0.2, 0) is 21.2 Å². The van der Waals surface area contributed by atoms with E-state index in [0.717, 1.165) is 21.9 Å². The van der Waals surface area contributed by atoms with Crippen LogP contribution in [0.25, 0.3) is 16.2 Å². The highest BCUT2D eigenvalue weighted by atomic mass is 35.5. The summed E-state index contributed by atoms with van der Waals surface area (Å²) >= 11 is 7.74. The number of amides is 1. The van der Waals surface area contributed by atoms with Crippen LogP contribution in [0.4, 0.5) is 11.4 Å². The zero-order valence-corrected chi connectivity index (χ0v) is 19.3. The summed E-state index contributed by atoms with van der Waals surface area (Å²) in [6.07, 6.45) is 2.64. The summed E-state index contributed by atoms with van der Waals surface area (Å²) in [5, 5.41) is 5.08. The van der Waals surface area contributed by atoms with Crippen LogP contribution in [-0.4, -0.2) is 36.0 Å². The van der Waals surface area contributed by atoms with Gasteiger partial charge in [-0.2, -0.15) is 0 Å². The van der Waals surface area contributed by atoms with Gasteiger partial charge in [0.05, 0.1) is 34.3 Å². The van der Waals surface area contributed by atoms with Crippen LogP contribution < -0.4 is 9.62 Å². The Morgan fingerprint density at radius 2 is 2.00 bits per heavy atom. The van der Waals surface area contributed by atoms with E-state index in [1.54, 1.807) is 18.2 Å². The third kappa shape index (κ3) is 3.99. The van der Waals surface area contributed by atoms with Crippen molar-refractivity contribution in [3.8, 4) is 11.3 Å². The molecule has 2 aromatic heterocycles. The average Bonchev–Trinajstić information content (AvgIpc) is 3.45. The molecule has 1 amide bonds. The minimum absolute atomic E-state index is 0.126. The molecule has 1 saturated heterocycles. The molecule has 164 valence electrons. The van der Waals surface area contributed by atoms with Crippen LogP contribution in [0.15, 0.2) is 60.1 Å². The maximum absolute atomic E-state index is 12.8. The summed E-state index contributed by atoms with van der Waals surface area (Å²) in [6.45, 7) is 0.425. The summed E-state index contributed by atoms with van der Waals surface area (Å²) in [7, 11) is -3.32. The Morgan fingerprint density at radius 1 is 1.19 bits per heavy atom. The number of sulfonamides is 1. The van der Waals surface area contributed by atoms with Gasteiger partial charge in [0.2, 0.25) is 15.9 Å². The summed E-state index contributed by atoms with van der Waals surface area (Å²) in [5.74, 6) is -0.121. The number of hydrogen-bond donors (Lipinski definition) is 1. The van der Waals surface area contributed by atoms with Gasteiger partial charge in [-0.1, -0.05) is 41.9 Å². The maximum Gasteiger partial charge on any atom is 0.235 e. The molecule has 1 fully saturated rings. The first-order valence-corrected chi connectivity index (χ1v) is 12.9. The topological polar surface area (TPSA) is 83.8 Å². The van der Waals surface area contributed by atoms with Crippen LogP contribution in [0, 0.1) is 0 Å². The van der Waals surface area contributed by atoms with E-state index in [-0.39, 0.29) is 18.1 Å². The van der Waals surface area contributed by atoms with Crippen molar-refractivity contribution < 1.29 is 13.2 Å². The lowest BCUT2D eigenvalue weighted by molar-refractivity contribution is -0.115. The molecule has 0 unspecified atom stereocenters. The van der Waals surface area contributed by atoms with Crippen molar-refractivity contribution >= 4 is 55.2 Å². The quantitative estimate of drug-likeness (QED) is 0.452. The lowest BCUT2D eigenvalue weighted by Crippen LogP contribution is -2.25. The van der Waals surface area contributed by atoms with Gasteiger partial charge >= 0.3 is 0 Å². The predicted octanol–water partition coefficient (Wildman–Crippen LogP) is 4.44. The highest BCUT2D eigenvalue weighted by Gasteiger charge is 2.28. The standard InChI is InChI=1S/C22H19ClN4O3S2/c23-18-8-7-16(27-9-4-10-32(27,29)30)11-19(18)24-21(28)12-17-14-31-22-25-20(13-26(17)22)15-5-2-1-3-6-15/h1-3,5-8,11,13-14H,4,9-10,12H2,(H,24,28). The molecular weight excluding hydrogens is 468 g/mol. The number of carbonyl (C=O) groups is 1. The first kappa shape index (κ1) is 21.0. The SMILES string of the molecule is O=C(Cc1csc2nc(-c3ccccc3)cn12)Nc1cc(N2CCCS2(=O)=O)ccc1Cl. The van der Waals surface area contributed by atoms with Crippen LogP contribution in [0.5, 0.6) is 0 Å². The van der Waals surface area contributed by atoms with Crippen molar-refractivity contribution in [1.82, 2.24) is 9.38 Å². The number of fused-ring (bicyclic) bond motifs is 1. The molecule has 2 aromatic carbocycles. The second kappa shape index (κ2) is 8.23. The Labute approximate surface area is 194 Å². The molecule has 1 aliphatic heterocycles. The van der Waals surface area contributed by atoms with Gasteiger partial charge < -0.3 is 5.32 Å². The van der Waals surface area contributed by atoms with Crippen LogP contribution in [0.2, 0.25) is 5.02 Å². The van der Waals surface area contributed by atoms with E-state index in [0.29, 0.717) is 29.4 Å². The molecule has 0 spiro atoms. The number of aromatic nitrogens is 2. The fraction of sp³-hybridized carbons (Fsp3) is 0.182. The van der Waals surface area contributed by atoms with Crippen molar-refractivity contribution in [2.45, 2.75) is 12.8 Å². The minimum atomic E-state index is -3.32. The Hall–Kier alpha value is -2.88. The van der Waals surface area contributed by atoms with E-state index in [4.69, 9.17) is 11.6 Å². The first-order chi connectivity index (χ1) is 15.4. The number of carbonyl (C=O) groups excluding carboxylic acids is 1. The Bertz CT molecular complexity index is 1410. The lowest BCUT2D eigenvalue weighted by Gasteiger charge is -2.18. The molecule has 7 nitrogen and oxygen atoms in total. The highest BCUT2D eigenvalue weighted by molar-refractivity contribution is 7.93. The molecular formula is C22H19ClN4O3S2. The van der Waals surface area contributed by atoms with Crippen molar-refractivity contribution in [3.05, 3.63) is 70.8 Å². The number of benzene rings is 2. The molecule has 32 heavy (non-hydrogen) atoms. The predicted molar refractivity (Wildman–Crippen MR) is 128 cm³/mol. The number of nitrogens with one attached hydrogen (secondary N) is 1. The summed E-state index contributed by atoms with van der Waals surface area (Å²) in [4.78, 5) is 18.2. The average molecular weight is 487 g/mol. The highest BCUT2D eigenvalue weighted by Crippen LogP contribution is 2.31. The molecule has 0 bridgehead atoms. The van der Waals surface area contributed by atoms with E-state index in [2.05, 4.69) is 10.3 Å². The third-order valence-electron chi connectivity index (χ3n) is 5.31. The Balaban J connectivity index is 1.36. The van der Waals surface area contributed by atoms with E-state index in [9.17, 15) is 13.2 Å². The Morgan fingerprint density at radius 3 is 2.75 bits per heavy atom. The fourth-order valence-corrected chi connectivity index (χ4v) is 6.35. The number of nitrogens with zero attached hydrogens (tertiary/aromatic N) is 3. The maximum atomic E-state index is 12.8. The summed E-state index contributed by atoms with van der Waals surface area (Å²) < 4.78 is 27.7. The van der Waals surface area contributed by atoms with E-state index >= 15 is 0 Å². The van der Waals surface area contributed by atoms with Crippen LogP contribution >= 0.6 is 22.9 Å². The minimum Gasteiger partial charge on any atom is -0.324 e. The van der Waals surface area contributed by atoms with Gasteiger partial charge in [-0.3, -0.25) is 13.5 Å². The molecule has 0 radical (unpaired) electrons. The van der Waals surface area contributed by atoms with Gasteiger partial charge in [-0.05, 0) is 24.6 Å². The van der Waals surface area contributed by atoms with Gasteiger partial charge in [0.25, 0.3) is 0 Å². The number of thiazole rings is 1. The molecule has 1 aliphatic rings. The summed E-state index contributed by atoms with van der Waals surface area (Å²) in [6, 6.07) is 14.7. The molecule has 4 aromatic rings. The van der Waals surface area contributed by atoms with Gasteiger partial charge in [0.15, 0.2) is 4.96 Å². The number of imidazole rings is 1. The third-order valence-corrected chi connectivity index (χ3v) is 8.39. The summed E-state index contributed by atoms with van der Waals surface area (Å²) in [5.41, 5.74) is 3.56. The monoisotopic (exact) mass is 486 g/mol. The zero-order valence-electron chi connectivity index (χ0n) is 16.9. The molecule has 0 atom stereocenters. The van der Waals surface area contributed by atoms with Gasteiger partial charge in [0, 0.05) is 29.4 Å². The molecule has 0 aliphatic carbocycles. The second-order valence-corrected chi connectivity index (χ2v) is 10.8. The van der Waals surface area contributed by atoms with Crippen LogP contribution in [0.1, 0.15) is 12.1 Å². The molecule has 10 heteroatoms.